The Hall–Kier alpha value is -2.61. The van der Waals surface area contributed by atoms with Crippen LogP contribution in [0.2, 0.25) is 0 Å². The number of methoxy groups -OCH3 is 1. The fraction of sp³-hybridized carbons (Fsp3) is 0.438. The first-order chi connectivity index (χ1) is 11.6. The third-order valence-corrected chi connectivity index (χ3v) is 3.90. The van der Waals surface area contributed by atoms with Gasteiger partial charge in [0.25, 0.3) is 5.91 Å². The van der Waals surface area contributed by atoms with Gasteiger partial charge in [0.1, 0.15) is 5.56 Å². The maximum absolute atomic E-state index is 12.7. The van der Waals surface area contributed by atoms with Gasteiger partial charge in [-0.15, -0.1) is 5.10 Å². The van der Waals surface area contributed by atoms with Crippen molar-refractivity contribution in [3.05, 3.63) is 29.6 Å². The Balaban J connectivity index is 1.88. The van der Waals surface area contributed by atoms with Gasteiger partial charge in [-0.05, 0) is 18.6 Å². The zero-order valence-corrected chi connectivity index (χ0v) is 14.2. The van der Waals surface area contributed by atoms with Crippen molar-refractivity contribution < 1.29 is 9.53 Å². The first-order valence-electron chi connectivity index (χ1n) is 7.90. The highest BCUT2D eigenvalue weighted by Gasteiger charge is 2.21. The van der Waals surface area contributed by atoms with Crippen LogP contribution >= 0.6 is 0 Å². The molecule has 0 spiro atoms. The number of rotatable bonds is 4. The van der Waals surface area contributed by atoms with Crippen molar-refractivity contribution in [1.82, 2.24) is 20.1 Å². The lowest BCUT2D eigenvalue weighted by Gasteiger charge is -2.30. The van der Waals surface area contributed by atoms with Crippen molar-refractivity contribution >= 4 is 17.4 Å². The number of nitrogens with one attached hydrogen (secondary N) is 2. The summed E-state index contributed by atoms with van der Waals surface area (Å²) in [7, 11) is 3.25. The molecule has 0 bridgehead atoms. The van der Waals surface area contributed by atoms with Crippen LogP contribution < -0.4 is 20.3 Å². The second kappa shape index (κ2) is 6.88. The lowest BCUT2D eigenvalue weighted by Crippen LogP contribution is -2.44. The fourth-order valence-corrected chi connectivity index (χ4v) is 2.75. The maximum Gasteiger partial charge on any atom is 0.262 e. The molecule has 0 saturated carbocycles. The van der Waals surface area contributed by atoms with Crippen LogP contribution in [0.3, 0.4) is 0 Å². The molecule has 1 aliphatic heterocycles. The van der Waals surface area contributed by atoms with Gasteiger partial charge < -0.3 is 20.3 Å². The number of nitrogens with zero attached hydrogens (tertiary/aromatic N) is 4. The molecule has 8 nitrogen and oxygen atoms in total. The first kappa shape index (κ1) is 16.3. The van der Waals surface area contributed by atoms with Gasteiger partial charge in [-0.3, -0.25) is 9.48 Å². The molecule has 2 N–H and O–H groups in total. The number of ether oxygens (including phenoxy) is 1. The summed E-state index contributed by atoms with van der Waals surface area (Å²) in [6.45, 7) is 5.47. The van der Waals surface area contributed by atoms with E-state index in [2.05, 4.69) is 25.6 Å². The van der Waals surface area contributed by atoms with Crippen LogP contribution in [0.25, 0.3) is 0 Å². The van der Waals surface area contributed by atoms with Crippen LogP contribution in [0.4, 0.5) is 11.5 Å². The minimum Gasteiger partial charge on any atom is -0.479 e. The molecular weight excluding hydrogens is 308 g/mol. The van der Waals surface area contributed by atoms with Gasteiger partial charge in [-0.1, -0.05) is 0 Å². The molecule has 0 aliphatic carbocycles. The van der Waals surface area contributed by atoms with Crippen molar-refractivity contribution in [1.29, 1.82) is 0 Å². The Labute approximate surface area is 140 Å². The van der Waals surface area contributed by atoms with E-state index in [1.165, 1.54) is 7.11 Å². The molecule has 128 valence electrons. The van der Waals surface area contributed by atoms with Gasteiger partial charge in [0.2, 0.25) is 5.88 Å². The van der Waals surface area contributed by atoms with E-state index in [1.54, 1.807) is 17.9 Å². The lowest BCUT2D eigenvalue weighted by molar-refractivity contribution is 0.102. The second-order valence-electron chi connectivity index (χ2n) is 5.80. The molecular formula is C16H22N6O2. The maximum atomic E-state index is 12.7. The van der Waals surface area contributed by atoms with Crippen LogP contribution in [0.15, 0.2) is 18.5 Å². The Bertz CT molecular complexity index is 736. The Morgan fingerprint density at radius 2 is 2.12 bits per heavy atom. The van der Waals surface area contributed by atoms with Crippen molar-refractivity contribution in [2.24, 2.45) is 7.05 Å². The van der Waals surface area contributed by atoms with E-state index in [1.807, 2.05) is 19.2 Å². The van der Waals surface area contributed by atoms with E-state index >= 15 is 0 Å². The van der Waals surface area contributed by atoms with Crippen LogP contribution in [0, 0.1) is 6.92 Å². The average Bonchev–Trinajstić information content (AvgIpc) is 2.97. The lowest BCUT2D eigenvalue weighted by atomic mass is 10.2. The molecule has 2 aromatic rings. The van der Waals surface area contributed by atoms with Gasteiger partial charge in [0.15, 0.2) is 5.82 Å². The Morgan fingerprint density at radius 1 is 1.38 bits per heavy atom. The molecule has 0 atom stereocenters. The standard InChI is InChI=1S/C16H22N6O2/c1-11-8-13(14(18-9-11)22-6-4-17-5-7-22)19-15(23)12-10-21(2)20-16(12)24-3/h8-10,17H,4-7H2,1-3H3,(H,19,23). The number of hydrogen-bond acceptors (Lipinski definition) is 6. The number of carbonyl (C=O) groups excluding carboxylic acids is 1. The molecule has 3 heterocycles. The average molecular weight is 330 g/mol. The molecule has 1 aliphatic rings. The number of amides is 1. The van der Waals surface area contributed by atoms with E-state index in [0.29, 0.717) is 17.1 Å². The van der Waals surface area contributed by atoms with Crippen LogP contribution in [0.1, 0.15) is 15.9 Å². The molecule has 2 aromatic heterocycles. The summed E-state index contributed by atoms with van der Waals surface area (Å²) in [6, 6.07) is 1.94. The van der Waals surface area contributed by atoms with E-state index in [-0.39, 0.29) is 5.91 Å². The number of anilines is 2. The zero-order chi connectivity index (χ0) is 17.1. The molecule has 0 aromatic carbocycles. The topological polar surface area (TPSA) is 84.3 Å². The largest absolute Gasteiger partial charge is 0.479 e. The number of carbonyl (C=O) groups is 1. The number of piperazine rings is 1. The van der Waals surface area contributed by atoms with E-state index < -0.39 is 0 Å². The molecule has 3 rings (SSSR count). The first-order valence-corrected chi connectivity index (χ1v) is 7.90. The smallest absolute Gasteiger partial charge is 0.262 e. The highest BCUT2D eigenvalue weighted by Crippen LogP contribution is 2.26. The van der Waals surface area contributed by atoms with Gasteiger partial charge in [0, 0.05) is 45.6 Å². The van der Waals surface area contributed by atoms with Crippen molar-refractivity contribution in [2.45, 2.75) is 6.92 Å². The number of aromatic nitrogens is 3. The highest BCUT2D eigenvalue weighted by molar-refractivity contribution is 6.07. The molecule has 0 unspecified atom stereocenters. The molecule has 1 fully saturated rings. The van der Waals surface area contributed by atoms with Crippen LogP contribution in [-0.4, -0.2) is 54.0 Å². The van der Waals surface area contributed by atoms with Crippen molar-refractivity contribution in [3.8, 4) is 5.88 Å². The van der Waals surface area contributed by atoms with E-state index in [4.69, 9.17) is 4.74 Å². The van der Waals surface area contributed by atoms with E-state index in [0.717, 1.165) is 37.6 Å². The minimum absolute atomic E-state index is 0.260. The molecule has 1 saturated heterocycles. The van der Waals surface area contributed by atoms with Gasteiger partial charge in [0.05, 0.1) is 12.8 Å². The summed E-state index contributed by atoms with van der Waals surface area (Å²) in [5.41, 5.74) is 2.09. The summed E-state index contributed by atoms with van der Waals surface area (Å²) in [4.78, 5) is 19.4. The Kier molecular flexibility index (Phi) is 4.66. The monoisotopic (exact) mass is 330 g/mol. The summed E-state index contributed by atoms with van der Waals surface area (Å²) in [5, 5.41) is 10.4. The number of hydrogen-bond donors (Lipinski definition) is 2. The van der Waals surface area contributed by atoms with Gasteiger partial charge >= 0.3 is 0 Å². The molecule has 8 heteroatoms. The third kappa shape index (κ3) is 3.33. The summed E-state index contributed by atoms with van der Waals surface area (Å²) in [6.07, 6.45) is 3.46. The summed E-state index contributed by atoms with van der Waals surface area (Å²) in [5.74, 6) is 0.835. The van der Waals surface area contributed by atoms with Crippen molar-refractivity contribution in [3.63, 3.8) is 0 Å². The summed E-state index contributed by atoms with van der Waals surface area (Å²) >= 11 is 0. The number of pyridine rings is 1. The van der Waals surface area contributed by atoms with Crippen LogP contribution in [-0.2, 0) is 7.05 Å². The van der Waals surface area contributed by atoms with Gasteiger partial charge in [-0.25, -0.2) is 4.98 Å². The zero-order valence-electron chi connectivity index (χ0n) is 14.2. The summed E-state index contributed by atoms with van der Waals surface area (Å²) < 4.78 is 6.72. The quantitative estimate of drug-likeness (QED) is 0.862. The molecule has 24 heavy (non-hydrogen) atoms. The normalized spacial score (nSPS) is 14.5. The number of aryl methyl sites for hydroxylation is 2. The SMILES string of the molecule is COc1nn(C)cc1C(=O)Nc1cc(C)cnc1N1CCNCC1. The van der Waals surface area contributed by atoms with Crippen LogP contribution in [0.5, 0.6) is 5.88 Å². The third-order valence-electron chi connectivity index (χ3n) is 3.90. The fourth-order valence-electron chi connectivity index (χ4n) is 2.75. The predicted molar refractivity (Wildman–Crippen MR) is 91.8 cm³/mol. The minimum atomic E-state index is -0.260. The molecule has 0 radical (unpaired) electrons. The predicted octanol–water partition coefficient (Wildman–Crippen LogP) is 0.794. The van der Waals surface area contributed by atoms with Gasteiger partial charge in [-0.2, -0.15) is 0 Å². The second-order valence-corrected chi connectivity index (χ2v) is 5.80. The Morgan fingerprint density at radius 3 is 2.83 bits per heavy atom. The molecule has 1 amide bonds. The highest BCUT2D eigenvalue weighted by atomic mass is 16.5. The van der Waals surface area contributed by atoms with Crippen molar-refractivity contribution in [2.75, 3.05) is 43.5 Å². The van der Waals surface area contributed by atoms with E-state index in [9.17, 15) is 4.79 Å².